The Labute approximate surface area is 135 Å². The highest BCUT2D eigenvalue weighted by atomic mass is 16.5. The smallest absolute Gasteiger partial charge is 0.139 e. The first-order chi connectivity index (χ1) is 11.2. The van der Waals surface area contributed by atoms with Gasteiger partial charge in [0.1, 0.15) is 17.1 Å². The Morgan fingerprint density at radius 1 is 1.30 bits per heavy atom. The van der Waals surface area contributed by atoms with Gasteiger partial charge in [0.05, 0.1) is 11.7 Å². The third kappa shape index (κ3) is 2.77. The van der Waals surface area contributed by atoms with Gasteiger partial charge in [-0.3, -0.25) is 4.90 Å². The van der Waals surface area contributed by atoms with Crippen molar-refractivity contribution in [2.24, 2.45) is 0 Å². The highest BCUT2D eigenvalue weighted by Gasteiger charge is 2.27. The summed E-state index contributed by atoms with van der Waals surface area (Å²) in [5.41, 5.74) is 4.43. The number of fused-ring (bicyclic) bond motifs is 1. The molecule has 0 aromatic carbocycles. The topological polar surface area (TPSA) is 46.6 Å². The number of aryl methyl sites for hydroxylation is 2. The summed E-state index contributed by atoms with van der Waals surface area (Å²) in [6, 6.07) is 6.58. The van der Waals surface area contributed by atoms with Gasteiger partial charge in [-0.2, -0.15) is 0 Å². The molecule has 4 heterocycles. The summed E-state index contributed by atoms with van der Waals surface area (Å²) in [6.45, 7) is 6.00. The second-order valence-corrected chi connectivity index (χ2v) is 6.50. The van der Waals surface area contributed by atoms with Gasteiger partial charge in [0.2, 0.25) is 0 Å². The lowest BCUT2D eigenvalue weighted by Gasteiger charge is -2.33. The zero-order valence-corrected chi connectivity index (χ0v) is 13.7. The Morgan fingerprint density at radius 3 is 3.00 bits per heavy atom. The fourth-order valence-corrected chi connectivity index (χ4v) is 3.55. The first kappa shape index (κ1) is 14.5. The minimum Gasteiger partial charge on any atom is -0.361 e. The van der Waals surface area contributed by atoms with Crippen molar-refractivity contribution >= 4 is 5.65 Å². The van der Waals surface area contributed by atoms with Crippen LogP contribution in [0.15, 0.2) is 35.1 Å². The molecule has 1 aliphatic rings. The summed E-state index contributed by atoms with van der Waals surface area (Å²) in [5, 5.41) is 4.25. The summed E-state index contributed by atoms with van der Waals surface area (Å²) < 4.78 is 7.40. The van der Waals surface area contributed by atoms with Gasteiger partial charge < -0.3 is 8.92 Å². The van der Waals surface area contributed by atoms with Gasteiger partial charge in [0, 0.05) is 25.0 Å². The molecule has 4 rings (SSSR count). The molecule has 5 nitrogen and oxygen atoms in total. The van der Waals surface area contributed by atoms with Crippen molar-refractivity contribution < 1.29 is 4.52 Å². The van der Waals surface area contributed by atoms with Crippen LogP contribution >= 0.6 is 0 Å². The molecule has 0 aliphatic carbocycles. The van der Waals surface area contributed by atoms with Crippen LogP contribution < -0.4 is 0 Å². The molecule has 1 saturated heterocycles. The maximum absolute atomic E-state index is 5.28. The molecule has 3 aromatic heterocycles. The number of hydrogen-bond acceptors (Lipinski definition) is 4. The third-order valence-electron chi connectivity index (χ3n) is 4.69. The van der Waals surface area contributed by atoms with Crippen LogP contribution in [0.3, 0.4) is 0 Å². The number of pyridine rings is 1. The summed E-state index contributed by atoms with van der Waals surface area (Å²) >= 11 is 0. The number of likely N-dealkylation sites (tertiary alicyclic amines) is 1. The number of hydrogen-bond donors (Lipinski definition) is 0. The lowest BCUT2D eigenvalue weighted by molar-refractivity contribution is 0.132. The number of rotatable bonds is 3. The molecule has 5 heteroatoms. The molecule has 0 bridgehead atoms. The van der Waals surface area contributed by atoms with Crippen LogP contribution in [0.4, 0.5) is 0 Å². The fourth-order valence-electron chi connectivity index (χ4n) is 3.55. The van der Waals surface area contributed by atoms with Gasteiger partial charge in [-0.05, 0) is 44.9 Å². The Hall–Kier alpha value is -2.14. The largest absolute Gasteiger partial charge is 0.361 e. The quantitative estimate of drug-likeness (QED) is 0.740. The van der Waals surface area contributed by atoms with E-state index in [1.54, 1.807) is 0 Å². The minimum atomic E-state index is 0.340. The Morgan fingerprint density at radius 2 is 2.22 bits per heavy atom. The van der Waals surface area contributed by atoms with Crippen LogP contribution in [0.5, 0.6) is 0 Å². The molecule has 1 aliphatic heterocycles. The first-order valence-electron chi connectivity index (χ1n) is 8.31. The molecule has 0 unspecified atom stereocenters. The van der Waals surface area contributed by atoms with E-state index in [4.69, 9.17) is 9.51 Å². The average molecular weight is 310 g/mol. The summed E-state index contributed by atoms with van der Waals surface area (Å²) in [5.74, 6) is 0.883. The molecule has 3 aromatic rings. The van der Waals surface area contributed by atoms with E-state index < -0.39 is 0 Å². The van der Waals surface area contributed by atoms with Crippen molar-refractivity contribution in [1.29, 1.82) is 0 Å². The van der Waals surface area contributed by atoms with E-state index >= 15 is 0 Å². The molecule has 0 N–H and O–H groups in total. The second-order valence-electron chi connectivity index (χ2n) is 6.50. The van der Waals surface area contributed by atoms with E-state index in [0.29, 0.717) is 6.04 Å². The number of aromatic nitrogens is 3. The van der Waals surface area contributed by atoms with E-state index in [0.717, 1.165) is 42.3 Å². The van der Waals surface area contributed by atoms with E-state index in [-0.39, 0.29) is 0 Å². The highest BCUT2D eigenvalue weighted by molar-refractivity contribution is 5.47. The van der Waals surface area contributed by atoms with Crippen LogP contribution in [-0.2, 0) is 6.54 Å². The van der Waals surface area contributed by atoms with E-state index in [2.05, 4.69) is 52.0 Å². The second kappa shape index (κ2) is 5.81. The van der Waals surface area contributed by atoms with E-state index in [9.17, 15) is 0 Å². The monoisotopic (exact) mass is 310 g/mol. The van der Waals surface area contributed by atoms with Crippen molar-refractivity contribution in [3.05, 3.63) is 53.3 Å². The van der Waals surface area contributed by atoms with Crippen molar-refractivity contribution in [3.63, 3.8) is 0 Å². The van der Waals surface area contributed by atoms with Gasteiger partial charge in [-0.1, -0.05) is 17.6 Å². The van der Waals surface area contributed by atoms with Gasteiger partial charge in [-0.25, -0.2) is 4.98 Å². The summed E-state index contributed by atoms with van der Waals surface area (Å²) in [4.78, 5) is 7.30. The first-order valence-corrected chi connectivity index (χ1v) is 8.31. The SMILES string of the molecule is Cc1cc([C@@H]2CCCCN2Cc2cn3cccc(C)c3n2)no1. The van der Waals surface area contributed by atoms with Crippen molar-refractivity contribution in [1.82, 2.24) is 19.4 Å². The zero-order chi connectivity index (χ0) is 15.8. The predicted molar refractivity (Wildman–Crippen MR) is 88.2 cm³/mol. The van der Waals surface area contributed by atoms with Gasteiger partial charge >= 0.3 is 0 Å². The maximum Gasteiger partial charge on any atom is 0.139 e. The van der Waals surface area contributed by atoms with E-state index in [1.807, 2.05) is 6.92 Å². The summed E-state index contributed by atoms with van der Waals surface area (Å²) in [7, 11) is 0. The van der Waals surface area contributed by atoms with Crippen LogP contribution in [0.2, 0.25) is 0 Å². The lowest BCUT2D eigenvalue weighted by Crippen LogP contribution is -2.33. The van der Waals surface area contributed by atoms with Crippen LogP contribution in [0.1, 0.15) is 48.0 Å². The number of imidazole rings is 1. The van der Waals surface area contributed by atoms with Gasteiger partial charge in [0.25, 0.3) is 0 Å². The van der Waals surface area contributed by atoms with Crippen LogP contribution in [0.25, 0.3) is 5.65 Å². The number of piperidine rings is 1. The lowest BCUT2D eigenvalue weighted by atomic mass is 9.99. The molecule has 1 atom stereocenters. The number of nitrogens with zero attached hydrogens (tertiary/aromatic N) is 4. The standard InChI is InChI=1S/C18H22N4O/c1-13-6-5-9-22-12-15(19-18(13)22)11-21-8-4-3-7-17(21)16-10-14(2)23-20-16/h5-6,9-10,12,17H,3-4,7-8,11H2,1-2H3/t17-/m0/s1. The molecular weight excluding hydrogens is 288 g/mol. The molecule has 0 saturated carbocycles. The zero-order valence-electron chi connectivity index (χ0n) is 13.7. The van der Waals surface area contributed by atoms with Crippen LogP contribution in [-0.4, -0.2) is 26.0 Å². The molecular formula is C18H22N4O. The summed E-state index contributed by atoms with van der Waals surface area (Å²) in [6.07, 6.45) is 7.82. The fraction of sp³-hybridized carbons (Fsp3) is 0.444. The van der Waals surface area contributed by atoms with E-state index in [1.165, 1.54) is 18.4 Å². The third-order valence-corrected chi connectivity index (χ3v) is 4.69. The molecule has 0 amide bonds. The van der Waals surface area contributed by atoms with Gasteiger partial charge in [-0.15, -0.1) is 0 Å². The normalized spacial score (nSPS) is 19.5. The minimum absolute atomic E-state index is 0.340. The Bertz CT molecular complexity index is 819. The van der Waals surface area contributed by atoms with Crippen LogP contribution in [0, 0.1) is 13.8 Å². The molecule has 1 fully saturated rings. The molecule has 23 heavy (non-hydrogen) atoms. The highest BCUT2D eigenvalue weighted by Crippen LogP contribution is 2.31. The van der Waals surface area contributed by atoms with Crippen molar-refractivity contribution in [2.45, 2.75) is 45.7 Å². The van der Waals surface area contributed by atoms with Crippen molar-refractivity contribution in [2.75, 3.05) is 6.54 Å². The Kier molecular flexibility index (Phi) is 3.65. The van der Waals surface area contributed by atoms with Gasteiger partial charge in [0.15, 0.2) is 0 Å². The maximum atomic E-state index is 5.28. The molecule has 0 spiro atoms. The van der Waals surface area contributed by atoms with Crippen molar-refractivity contribution in [3.8, 4) is 0 Å². The predicted octanol–water partition coefficient (Wildman–Crippen LogP) is 3.67. The average Bonchev–Trinajstić information content (AvgIpc) is 3.15. The Balaban J connectivity index is 1.60. The molecule has 0 radical (unpaired) electrons. The molecule has 120 valence electrons.